The van der Waals surface area contributed by atoms with Gasteiger partial charge < -0.3 is 25.3 Å². The predicted molar refractivity (Wildman–Crippen MR) is 109 cm³/mol. The largest absolute Gasteiger partial charge is 0.491 e. The number of benzene rings is 1. The fourth-order valence-electron chi connectivity index (χ4n) is 2.51. The summed E-state index contributed by atoms with van der Waals surface area (Å²) >= 11 is 0.940. The van der Waals surface area contributed by atoms with Gasteiger partial charge in [0.2, 0.25) is 0 Å². The van der Waals surface area contributed by atoms with E-state index in [1.54, 1.807) is 31.2 Å². The number of hydrogen-bond acceptors (Lipinski definition) is 8. The Kier molecular flexibility index (Phi) is 7.60. The van der Waals surface area contributed by atoms with Crippen molar-refractivity contribution in [2.75, 3.05) is 19.4 Å². The van der Waals surface area contributed by atoms with E-state index in [9.17, 15) is 14.4 Å². The number of nitrogens with one attached hydrogen (secondary N) is 1. The summed E-state index contributed by atoms with van der Waals surface area (Å²) in [6, 6.07) is 6.49. The van der Waals surface area contributed by atoms with E-state index in [4.69, 9.17) is 19.9 Å². The number of carbonyl (C=O) groups excluding carboxylic acids is 3. The first-order chi connectivity index (χ1) is 13.8. The maximum Gasteiger partial charge on any atom is 0.341 e. The zero-order chi connectivity index (χ0) is 21.6. The Morgan fingerprint density at radius 1 is 1.10 bits per heavy atom. The minimum atomic E-state index is -0.669. The predicted octanol–water partition coefficient (Wildman–Crippen LogP) is 3.01. The number of nitrogen functional groups attached to an aromatic ring is 1. The van der Waals surface area contributed by atoms with Crippen LogP contribution in [-0.4, -0.2) is 37.6 Å². The van der Waals surface area contributed by atoms with Gasteiger partial charge in [0.15, 0.2) is 0 Å². The van der Waals surface area contributed by atoms with Crippen LogP contribution in [0.1, 0.15) is 56.7 Å². The van der Waals surface area contributed by atoms with Gasteiger partial charge in [0.1, 0.15) is 27.8 Å². The Morgan fingerprint density at radius 3 is 2.31 bits per heavy atom. The fraction of sp³-hybridized carbons (Fsp3) is 0.350. The van der Waals surface area contributed by atoms with Gasteiger partial charge in [0, 0.05) is 12.6 Å². The highest BCUT2D eigenvalue weighted by atomic mass is 32.1. The first-order valence-electron chi connectivity index (χ1n) is 9.02. The molecule has 3 N–H and O–H groups in total. The third kappa shape index (κ3) is 5.47. The van der Waals surface area contributed by atoms with Crippen LogP contribution in [0.5, 0.6) is 5.75 Å². The first-order valence-corrected chi connectivity index (χ1v) is 9.84. The Labute approximate surface area is 172 Å². The summed E-state index contributed by atoms with van der Waals surface area (Å²) in [7, 11) is 1.46. The number of carbonyl (C=O) groups is 3. The van der Waals surface area contributed by atoms with Crippen molar-refractivity contribution in [2.24, 2.45) is 0 Å². The van der Waals surface area contributed by atoms with Crippen molar-refractivity contribution >= 4 is 34.2 Å². The summed E-state index contributed by atoms with van der Waals surface area (Å²) in [5, 5.41) is 2.61. The van der Waals surface area contributed by atoms with Crippen LogP contribution >= 0.6 is 11.3 Å². The second-order valence-electron chi connectivity index (χ2n) is 6.22. The molecule has 29 heavy (non-hydrogen) atoms. The lowest BCUT2D eigenvalue weighted by atomic mass is 10.1. The molecule has 1 aromatic heterocycles. The van der Waals surface area contributed by atoms with Gasteiger partial charge in [0.05, 0.1) is 18.3 Å². The number of hydrogen-bond donors (Lipinski definition) is 2. The molecular formula is C20H24N2O6S. The molecular weight excluding hydrogens is 396 g/mol. The lowest BCUT2D eigenvalue weighted by molar-refractivity contribution is 0.0449. The van der Waals surface area contributed by atoms with Gasteiger partial charge in [-0.25, -0.2) is 9.59 Å². The van der Waals surface area contributed by atoms with Crippen LogP contribution in [0.3, 0.4) is 0 Å². The number of rotatable bonds is 8. The molecule has 9 heteroatoms. The monoisotopic (exact) mass is 420 g/mol. The normalized spacial score (nSPS) is 10.5. The van der Waals surface area contributed by atoms with Crippen molar-refractivity contribution in [1.82, 2.24) is 5.32 Å². The van der Waals surface area contributed by atoms with Crippen LogP contribution in [0.15, 0.2) is 24.3 Å². The molecule has 0 saturated heterocycles. The first kappa shape index (κ1) is 22.2. The van der Waals surface area contributed by atoms with Crippen LogP contribution in [0.4, 0.5) is 5.00 Å². The molecule has 1 heterocycles. The van der Waals surface area contributed by atoms with Crippen molar-refractivity contribution < 1.29 is 28.6 Å². The molecule has 156 valence electrons. The highest BCUT2D eigenvalue weighted by Crippen LogP contribution is 2.32. The summed E-state index contributed by atoms with van der Waals surface area (Å²) in [5.74, 6) is -1.08. The Morgan fingerprint density at radius 2 is 1.76 bits per heavy atom. The van der Waals surface area contributed by atoms with E-state index in [-0.39, 0.29) is 40.3 Å². The standard InChI is InChI=1S/C20H24N2O6S/c1-5-26-20(25)15-14(16(18(23)22-4)29-17(15)21)10-27-19(24)12-6-8-13(9-7-12)28-11(2)3/h6-9,11H,5,10,21H2,1-4H3,(H,22,23). The van der Waals surface area contributed by atoms with E-state index in [1.807, 2.05) is 13.8 Å². The van der Waals surface area contributed by atoms with Crippen LogP contribution < -0.4 is 15.8 Å². The third-order valence-electron chi connectivity index (χ3n) is 3.76. The van der Waals surface area contributed by atoms with Crippen LogP contribution in [0.2, 0.25) is 0 Å². The van der Waals surface area contributed by atoms with Crippen LogP contribution in [0.25, 0.3) is 0 Å². The van der Waals surface area contributed by atoms with Crippen molar-refractivity contribution in [3.05, 3.63) is 45.8 Å². The summed E-state index contributed by atoms with van der Waals surface area (Å²) < 4.78 is 15.9. The maximum absolute atomic E-state index is 12.4. The second kappa shape index (κ2) is 9.92. The molecule has 0 aliphatic carbocycles. The molecule has 1 amide bonds. The molecule has 0 aliphatic heterocycles. The van der Waals surface area contributed by atoms with E-state index >= 15 is 0 Å². The van der Waals surface area contributed by atoms with Crippen molar-refractivity contribution in [1.29, 1.82) is 0 Å². The van der Waals surface area contributed by atoms with Crippen molar-refractivity contribution in [2.45, 2.75) is 33.5 Å². The van der Waals surface area contributed by atoms with Crippen LogP contribution in [-0.2, 0) is 16.1 Å². The van der Waals surface area contributed by atoms with Gasteiger partial charge in [0.25, 0.3) is 5.91 Å². The van der Waals surface area contributed by atoms with Crippen molar-refractivity contribution in [3.8, 4) is 5.75 Å². The van der Waals surface area contributed by atoms with E-state index in [0.717, 1.165) is 11.3 Å². The van der Waals surface area contributed by atoms with Gasteiger partial charge in [-0.05, 0) is 45.0 Å². The minimum Gasteiger partial charge on any atom is -0.491 e. The van der Waals surface area contributed by atoms with E-state index < -0.39 is 17.8 Å². The van der Waals surface area contributed by atoms with E-state index in [2.05, 4.69) is 5.32 Å². The van der Waals surface area contributed by atoms with E-state index in [0.29, 0.717) is 11.3 Å². The molecule has 0 radical (unpaired) electrons. The summed E-state index contributed by atoms with van der Waals surface area (Å²) in [5.41, 5.74) is 6.50. The highest BCUT2D eigenvalue weighted by Gasteiger charge is 2.27. The number of esters is 2. The molecule has 2 rings (SSSR count). The van der Waals surface area contributed by atoms with E-state index in [1.165, 1.54) is 7.05 Å². The number of ether oxygens (including phenoxy) is 3. The maximum atomic E-state index is 12.4. The highest BCUT2D eigenvalue weighted by molar-refractivity contribution is 7.18. The van der Waals surface area contributed by atoms with Gasteiger partial charge in [-0.2, -0.15) is 0 Å². The average Bonchev–Trinajstić information content (AvgIpc) is 3.02. The van der Waals surface area contributed by atoms with Crippen LogP contribution in [0, 0.1) is 0 Å². The lowest BCUT2D eigenvalue weighted by Gasteiger charge is -2.11. The topological polar surface area (TPSA) is 117 Å². The molecule has 1 aromatic carbocycles. The Hall–Kier alpha value is -3.07. The number of amides is 1. The summed E-state index contributed by atoms with van der Waals surface area (Å²) in [6.45, 7) is 5.31. The zero-order valence-electron chi connectivity index (χ0n) is 16.7. The van der Waals surface area contributed by atoms with Crippen molar-refractivity contribution in [3.63, 3.8) is 0 Å². The average molecular weight is 420 g/mol. The molecule has 0 fully saturated rings. The molecule has 0 bridgehead atoms. The quantitative estimate of drug-likeness (QED) is 0.631. The molecule has 0 aliphatic rings. The molecule has 0 saturated carbocycles. The summed E-state index contributed by atoms with van der Waals surface area (Å²) in [4.78, 5) is 37.0. The van der Waals surface area contributed by atoms with Gasteiger partial charge in [-0.15, -0.1) is 11.3 Å². The fourth-order valence-corrected chi connectivity index (χ4v) is 3.52. The van der Waals surface area contributed by atoms with Gasteiger partial charge >= 0.3 is 11.9 Å². The molecule has 0 atom stereocenters. The number of anilines is 1. The molecule has 0 unspecified atom stereocenters. The number of thiophene rings is 1. The van der Waals surface area contributed by atoms with Gasteiger partial charge in [-0.3, -0.25) is 4.79 Å². The lowest BCUT2D eigenvalue weighted by Crippen LogP contribution is -2.19. The Bertz CT molecular complexity index is 889. The minimum absolute atomic E-state index is 0.0151. The number of nitrogens with two attached hydrogens (primary N) is 1. The summed E-state index contributed by atoms with van der Waals surface area (Å²) in [6.07, 6.45) is 0.0151. The third-order valence-corrected chi connectivity index (χ3v) is 4.82. The molecule has 0 spiro atoms. The Balaban J connectivity index is 2.22. The second-order valence-corrected chi connectivity index (χ2v) is 7.27. The zero-order valence-corrected chi connectivity index (χ0v) is 17.6. The SMILES string of the molecule is CCOC(=O)c1c(N)sc(C(=O)NC)c1COC(=O)c1ccc(OC(C)C)cc1. The molecule has 8 nitrogen and oxygen atoms in total. The smallest absolute Gasteiger partial charge is 0.341 e. The molecule has 2 aromatic rings. The van der Waals surface area contributed by atoms with Gasteiger partial charge in [-0.1, -0.05) is 0 Å².